The fourth-order valence-electron chi connectivity index (χ4n) is 0.830. The highest BCUT2D eigenvalue weighted by atomic mass is 14.8. The van der Waals surface area contributed by atoms with Crippen molar-refractivity contribution in [2.24, 2.45) is 4.99 Å². The van der Waals surface area contributed by atoms with E-state index < -0.39 is 0 Å². The molecular formula is C9H14N2. The SMILES string of the molecule is Cc1ccc(C=NC(C)C)[nH]1. The van der Waals surface area contributed by atoms with Gasteiger partial charge in [0.2, 0.25) is 0 Å². The van der Waals surface area contributed by atoms with E-state index in [4.69, 9.17) is 0 Å². The smallest absolute Gasteiger partial charge is 0.0563 e. The molecule has 1 aromatic heterocycles. The molecule has 1 aromatic rings. The van der Waals surface area contributed by atoms with Crippen molar-refractivity contribution in [1.29, 1.82) is 0 Å². The Bertz CT molecular complexity index is 246. The van der Waals surface area contributed by atoms with E-state index in [-0.39, 0.29) is 0 Å². The van der Waals surface area contributed by atoms with Gasteiger partial charge in [0.1, 0.15) is 0 Å². The number of aliphatic imine (C=N–C) groups is 1. The average molecular weight is 150 g/mol. The van der Waals surface area contributed by atoms with Crippen molar-refractivity contribution < 1.29 is 0 Å². The Hall–Kier alpha value is -1.05. The maximum Gasteiger partial charge on any atom is 0.0563 e. The first kappa shape index (κ1) is 8.05. The fraction of sp³-hybridized carbons (Fsp3) is 0.444. The topological polar surface area (TPSA) is 28.1 Å². The van der Waals surface area contributed by atoms with Gasteiger partial charge in [-0.2, -0.15) is 0 Å². The largest absolute Gasteiger partial charge is 0.358 e. The third-order valence-electron chi connectivity index (χ3n) is 1.37. The molecule has 1 N–H and O–H groups in total. The monoisotopic (exact) mass is 150 g/mol. The third kappa shape index (κ3) is 2.58. The van der Waals surface area contributed by atoms with E-state index >= 15 is 0 Å². The van der Waals surface area contributed by atoms with Crippen molar-refractivity contribution in [3.63, 3.8) is 0 Å². The molecule has 0 amide bonds. The summed E-state index contributed by atoms with van der Waals surface area (Å²) in [5.41, 5.74) is 2.26. The molecule has 0 spiro atoms. The second-order valence-corrected chi connectivity index (χ2v) is 2.97. The van der Waals surface area contributed by atoms with Crippen molar-refractivity contribution in [1.82, 2.24) is 4.98 Å². The molecule has 1 rings (SSSR count). The van der Waals surface area contributed by atoms with Crippen LogP contribution in [-0.4, -0.2) is 17.2 Å². The molecule has 0 saturated heterocycles. The number of hydrogen-bond acceptors (Lipinski definition) is 1. The van der Waals surface area contributed by atoms with E-state index in [9.17, 15) is 0 Å². The van der Waals surface area contributed by atoms with Crippen molar-refractivity contribution >= 4 is 6.21 Å². The molecule has 2 heteroatoms. The molecule has 60 valence electrons. The van der Waals surface area contributed by atoms with Gasteiger partial charge in [0.25, 0.3) is 0 Å². The molecule has 0 aliphatic rings. The Morgan fingerprint density at radius 3 is 2.64 bits per heavy atom. The molecular weight excluding hydrogens is 136 g/mol. The highest BCUT2D eigenvalue weighted by molar-refractivity contribution is 5.77. The first-order valence-corrected chi connectivity index (χ1v) is 3.87. The first-order chi connectivity index (χ1) is 5.18. The summed E-state index contributed by atoms with van der Waals surface area (Å²) in [6.45, 7) is 6.16. The first-order valence-electron chi connectivity index (χ1n) is 3.87. The van der Waals surface area contributed by atoms with Crippen molar-refractivity contribution in [2.75, 3.05) is 0 Å². The normalized spacial score (nSPS) is 11.6. The van der Waals surface area contributed by atoms with Crippen LogP contribution in [0, 0.1) is 6.92 Å². The molecule has 0 aliphatic heterocycles. The van der Waals surface area contributed by atoms with Crippen LogP contribution in [0.25, 0.3) is 0 Å². The van der Waals surface area contributed by atoms with Crippen LogP contribution in [0.5, 0.6) is 0 Å². The summed E-state index contributed by atoms with van der Waals surface area (Å²) in [7, 11) is 0. The minimum Gasteiger partial charge on any atom is -0.358 e. The number of hydrogen-bond donors (Lipinski definition) is 1. The zero-order valence-corrected chi connectivity index (χ0v) is 7.26. The molecule has 0 aromatic carbocycles. The van der Waals surface area contributed by atoms with Crippen LogP contribution in [0.4, 0.5) is 0 Å². The second kappa shape index (κ2) is 3.37. The van der Waals surface area contributed by atoms with E-state index in [1.54, 1.807) is 0 Å². The van der Waals surface area contributed by atoms with Gasteiger partial charge >= 0.3 is 0 Å². The van der Waals surface area contributed by atoms with Crippen LogP contribution in [-0.2, 0) is 0 Å². The Morgan fingerprint density at radius 2 is 2.18 bits per heavy atom. The van der Waals surface area contributed by atoms with Crippen LogP contribution in [0.2, 0.25) is 0 Å². The van der Waals surface area contributed by atoms with Gasteiger partial charge in [-0.15, -0.1) is 0 Å². The van der Waals surface area contributed by atoms with E-state index in [1.165, 1.54) is 5.69 Å². The molecule has 0 atom stereocenters. The lowest BCUT2D eigenvalue weighted by Gasteiger charge is -1.92. The molecule has 0 bridgehead atoms. The number of nitrogens with one attached hydrogen (secondary N) is 1. The number of H-pyrrole nitrogens is 1. The summed E-state index contributed by atoms with van der Waals surface area (Å²) in [6.07, 6.45) is 1.87. The van der Waals surface area contributed by atoms with Crippen LogP contribution in [0.1, 0.15) is 25.2 Å². The molecule has 0 fully saturated rings. The number of aromatic nitrogens is 1. The third-order valence-corrected chi connectivity index (χ3v) is 1.37. The number of rotatable bonds is 2. The highest BCUT2D eigenvalue weighted by Crippen LogP contribution is 1.97. The second-order valence-electron chi connectivity index (χ2n) is 2.97. The van der Waals surface area contributed by atoms with Crippen LogP contribution >= 0.6 is 0 Å². The lowest BCUT2D eigenvalue weighted by molar-refractivity contribution is 0.840. The van der Waals surface area contributed by atoms with E-state index in [0.29, 0.717) is 6.04 Å². The number of aromatic amines is 1. The molecule has 0 unspecified atom stereocenters. The van der Waals surface area contributed by atoms with Gasteiger partial charge in [-0.25, -0.2) is 0 Å². The molecule has 0 aliphatic carbocycles. The minimum atomic E-state index is 0.374. The van der Waals surface area contributed by atoms with Crippen molar-refractivity contribution in [3.8, 4) is 0 Å². The van der Waals surface area contributed by atoms with Gasteiger partial charge in [0.15, 0.2) is 0 Å². The Labute approximate surface area is 67.4 Å². The average Bonchev–Trinajstić information content (AvgIpc) is 2.31. The zero-order chi connectivity index (χ0) is 8.27. The van der Waals surface area contributed by atoms with Gasteiger partial charge in [-0.1, -0.05) is 0 Å². The fourth-order valence-corrected chi connectivity index (χ4v) is 0.830. The van der Waals surface area contributed by atoms with Crippen molar-refractivity contribution in [2.45, 2.75) is 26.8 Å². The summed E-state index contributed by atoms with van der Waals surface area (Å²) in [6, 6.07) is 4.45. The van der Waals surface area contributed by atoms with Gasteiger partial charge in [-0.3, -0.25) is 4.99 Å². The highest BCUT2D eigenvalue weighted by Gasteiger charge is 1.90. The van der Waals surface area contributed by atoms with E-state index in [1.807, 2.05) is 25.3 Å². The molecule has 2 nitrogen and oxygen atoms in total. The van der Waals surface area contributed by atoms with Gasteiger partial charge in [0, 0.05) is 18.0 Å². The van der Waals surface area contributed by atoms with Crippen LogP contribution < -0.4 is 0 Å². The van der Waals surface area contributed by atoms with E-state index in [2.05, 4.69) is 23.8 Å². The predicted molar refractivity (Wildman–Crippen MR) is 48.3 cm³/mol. The molecule has 0 saturated carbocycles. The number of nitrogens with zero attached hydrogens (tertiary/aromatic N) is 1. The van der Waals surface area contributed by atoms with Crippen molar-refractivity contribution in [3.05, 3.63) is 23.5 Å². The predicted octanol–water partition coefficient (Wildman–Crippen LogP) is 2.15. The van der Waals surface area contributed by atoms with E-state index in [0.717, 1.165) is 5.69 Å². The molecule has 1 heterocycles. The zero-order valence-electron chi connectivity index (χ0n) is 7.26. The van der Waals surface area contributed by atoms with Gasteiger partial charge in [0.05, 0.1) is 5.69 Å². The standard InChI is InChI=1S/C9H14N2/c1-7(2)10-6-9-5-4-8(3)11-9/h4-7,11H,1-3H3. The van der Waals surface area contributed by atoms with Gasteiger partial charge in [-0.05, 0) is 32.9 Å². The summed E-state index contributed by atoms with van der Waals surface area (Å²) in [5.74, 6) is 0. The summed E-state index contributed by atoms with van der Waals surface area (Å²) >= 11 is 0. The molecule has 11 heavy (non-hydrogen) atoms. The Balaban J connectivity index is 2.64. The maximum absolute atomic E-state index is 4.25. The Morgan fingerprint density at radius 1 is 1.45 bits per heavy atom. The van der Waals surface area contributed by atoms with Crippen LogP contribution in [0.3, 0.4) is 0 Å². The minimum absolute atomic E-state index is 0.374. The van der Waals surface area contributed by atoms with Crippen LogP contribution in [0.15, 0.2) is 17.1 Å². The summed E-state index contributed by atoms with van der Waals surface area (Å²) in [4.78, 5) is 7.43. The summed E-state index contributed by atoms with van der Waals surface area (Å²) < 4.78 is 0. The lowest BCUT2D eigenvalue weighted by Crippen LogP contribution is -1.90. The number of aryl methyl sites for hydroxylation is 1. The van der Waals surface area contributed by atoms with Gasteiger partial charge < -0.3 is 4.98 Å². The summed E-state index contributed by atoms with van der Waals surface area (Å²) in [5, 5.41) is 0. The lowest BCUT2D eigenvalue weighted by atomic mass is 10.4. The maximum atomic E-state index is 4.25. The quantitative estimate of drug-likeness (QED) is 0.626. The molecule has 0 radical (unpaired) electrons. The Kier molecular flexibility index (Phi) is 2.47.